The third-order valence-electron chi connectivity index (χ3n) is 5.59. The van der Waals surface area contributed by atoms with Crippen molar-refractivity contribution in [2.24, 2.45) is 0 Å². The summed E-state index contributed by atoms with van der Waals surface area (Å²) in [4.78, 5) is 20.4. The van der Waals surface area contributed by atoms with Crippen molar-refractivity contribution in [3.63, 3.8) is 0 Å². The summed E-state index contributed by atoms with van der Waals surface area (Å²) in [5.74, 6) is 2.47. The van der Waals surface area contributed by atoms with Crippen molar-refractivity contribution in [2.75, 3.05) is 7.11 Å². The average molecular weight is 417 g/mol. The van der Waals surface area contributed by atoms with Crippen LogP contribution < -0.4 is 4.74 Å². The molecule has 3 aromatic carbocycles. The zero-order chi connectivity index (χ0) is 21.5. The monoisotopic (exact) mass is 417 g/mol. The van der Waals surface area contributed by atoms with E-state index in [4.69, 9.17) is 14.7 Å². The Kier molecular flexibility index (Phi) is 4.21. The van der Waals surface area contributed by atoms with Gasteiger partial charge in [-0.15, -0.1) is 0 Å². The standard InChI is InChI=1S/C26H19N5O/c1-32-20-4-2-3-19(13-20)26-29-22-8-6-18(15-24(22)31-26)17-5-7-21-23(14-17)30-25(28-21)16-9-11-27-12-10-16/h2-15H,1H3,(H,28,30)(H,29,31). The molecule has 0 aliphatic heterocycles. The summed E-state index contributed by atoms with van der Waals surface area (Å²) in [6.45, 7) is 0. The number of rotatable bonds is 4. The summed E-state index contributed by atoms with van der Waals surface area (Å²) in [6.07, 6.45) is 3.54. The Balaban J connectivity index is 1.38. The summed E-state index contributed by atoms with van der Waals surface area (Å²) < 4.78 is 5.34. The lowest BCUT2D eigenvalue weighted by molar-refractivity contribution is 0.415. The van der Waals surface area contributed by atoms with Gasteiger partial charge in [-0.1, -0.05) is 24.3 Å². The number of aromatic amines is 2. The highest BCUT2D eigenvalue weighted by Gasteiger charge is 2.10. The lowest BCUT2D eigenvalue weighted by atomic mass is 10.0. The fourth-order valence-electron chi connectivity index (χ4n) is 3.93. The van der Waals surface area contributed by atoms with E-state index in [0.29, 0.717) is 0 Å². The van der Waals surface area contributed by atoms with Crippen molar-refractivity contribution in [3.8, 4) is 39.7 Å². The van der Waals surface area contributed by atoms with Crippen molar-refractivity contribution in [2.45, 2.75) is 0 Å². The predicted molar refractivity (Wildman–Crippen MR) is 126 cm³/mol. The molecule has 0 aliphatic carbocycles. The van der Waals surface area contributed by atoms with Crippen molar-refractivity contribution < 1.29 is 4.74 Å². The smallest absolute Gasteiger partial charge is 0.138 e. The molecule has 32 heavy (non-hydrogen) atoms. The molecule has 0 saturated heterocycles. The van der Waals surface area contributed by atoms with Crippen LogP contribution in [-0.4, -0.2) is 32.0 Å². The number of methoxy groups -OCH3 is 1. The second-order valence-electron chi connectivity index (χ2n) is 7.60. The average Bonchev–Trinajstić information content (AvgIpc) is 3.48. The molecule has 6 heteroatoms. The van der Waals surface area contributed by atoms with Gasteiger partial charge in [-0.05, 0) is 59.7 Å². The number of fused-ring (bicyclic) bond motifs is 2. The summed E-state index contributed by atoms with van der Waals surface area (Å²) >= 11 is 0. The Hall–Kier alpha value is -4.45. The lowest BCUT2D eigenvalue weighted by Crippen LogP contribution is -1.84. The van der Waals surface area contributed by atoms with Crippen molar-refractivity contribution in [1.82, 2.24) is 24.9 Å². The van der Waals surface area contributed by atoms with E-state index in [1.165, 1.54) is 0 Å². The van der Waals surface area contributed by atoms with Gasteiger partial charge in [-0.25, -0.2) is 9.97 Å². The molecule has 154 valence electrons. The van der Waals surface area contributed by atoms with Gasteiger partial charge in [0.05, 0.1) is 29.2 Å². The zero-order valence-corrected chi connectivity index (χ0v) is 17.3. The second-order valence-corrected chi connectivity index (χ2v) is 7.60. The normalized spacial score (nSPS) is 11.3. The number of nitrogens with one attached hydrogen (secondary N) is 2. The first-order valence-corrected chi connectivity index (χ1v) is 10.3. The molecule has 0 atom stereocenters. The van der Waals surface area contributed by atoms with Crippen LogP contribution in [0.1, 0.15) is 0 Å². The molecule has 0 spiro atoms. The molecular weight excluding hydrogens is 398 g/mol. The molecule has 6 rings (SSSR count). The highest BCUT2D eigenvalue weighted by atomic mass is 16.5. The maximum absolute atomic E-state index is 5.34. The van der Waals surface area contributed by atoms with Crippen molar-refractivity contribution >= 4 is 22.1 Å². The van der Waals surface area contributed by atoms with E-state index in [1.54, 1.807) is 19.5 Å². The van der Waals surface area contributed by atoms with Gasteiger partial charge in [-0.2, -0.15) is 0 Å². The Morgan fingerprint density at radius 2 is 1.25 bits per heavy atom. The first-order chi connectivity index (χ1) is 15.8. The van der Waals surface area contributed by atoms with E-state index in [1.807, 2.05) is 48.5 Å². The number of ether oxygens (including phenoxy) is 1. The fraction of sp³-hybridized carbons (Fsp3) is 0.0385. The van der Waals surface area contributed by atoms with E-state index in [2.05, 4.69) is 39.2 Å². The van der Waals surface area contributed by atoms with Crippen LogP contribution in [-0.2, 0) is 0 Å². The SMILES string of the molecule is COc1cccc(-c2nc3ccc(-c4ccc5nc(-c6ccncc6)[nH]c5c4)cc3[nH]2)c1. The highest BCUT2D eigenvalue weighted by molar-refractivity contribution is 5.88. The Morgan fingerprint density at radius 1 is 0.625 bits per heavy atom. The minimum atomic E-state index is 0.808. The molecule has 6 aromatic rings. The maximum Gasteiger partial charge on any atom is 0.138 e. The Morgan fingerprint density at radius 3 is 1.88 bits per heavy atom. The van der Waals surface area contributed by atoms with Crippen LogP contribution in [0, 0.1) is 0 Å². The molecule has 0 fully saturated rings. The number of pyridine rings is 1. The molecule has 0 unspecified atom stereocenters. The number of aromatic nitrogens is 5. The molecule has 3 heterocycles. The van der Waals surface area contributed by atoms with Crippen LogP contribution >= 0.6 is 0 Å². The fourth-order valence-corrected chi connectivity index (χ4v) is 3.93. The molecule has 6 nitrogen and oxygen atoms in total. The minimum Gasteiger partial charge on any atom is -0.497 e. The Labute approximate surface area is 184 Å². The number of hydrogen-bond donors (Lipinski definition) is 2. The third-order valence-corrected chi connectivity index (χ3v) is 5.59. The first kappa shape index (κ1) is 18.3. The zero-order valence-electron chi connectivity index (χ0n) is 17.3. The second kappa shape index (κ2) is 7.35. The maximum atomic E-state index is 5.34. The molecular formula is C26H19N5O. The van der Waals surface area contributed by atoms with E-state index >= 15 is 0 Å². The number of hydrogen-bond acceptors (Lipinski definition) is 4. The predicted octanol–water partition coefficient (Wildman–Crippen LogP) is 5.84. The van der Waals surface area contributed by atoms with Crippen molar-refractivity contribution in [1.29, 1.82) is 0 Å². The van der Waals surface area contributed by atoms with Crippen molar-refractivity contribution in [3.05, 3.63) is 85.2 Å². The minimum absolute atomic E-state index is 0.808. The molecule has 3 aromatic heterocycles. The molecule has 0 amide bonds. The van der Waals surface area contributed by atoms with E-state index in [9.17, 15) is 0 Å². The molecule has 0 saturated carbocycles. The number of H-pyrrole nitrogens is 2. The largest absolute Gasteiger partial charge is 0.497 e. The number of benzene rings is 3. The summed E-state index contributed by atoms with van der Waals surface area (Å²) in [7, 11) is 1.67. The van der Waals surface area contributed by atoms with Gasteiger partial charge in [0.15, 0.2) is 0 Å². The van der Waals surface area contributed by atoms with E-state index in [-0.39, 0.29) is 0 Å². The summed E-state index contributed by atoms with van der Waals surface area (Å²) in [5.41, 5.74) is 8.07. The van der Waals surface area contributed by atoms with E-state index < -0.39 is 0 Å². The molecule has 0 aliphatic rings. The van der Waals surface area contributed by atoms with Gasteiger partial charge in [0.2, 0.25) is 0 Å². The van der Waals surface area contributed by atoms with Gasteiger partial charge in [0.1, 0.15) is 17.4 Å². The van der Waals surface area contributed by atoms with E-state index in [0.717, 1.165) is 61.7 Å². The van der Waals surface area contributed by atoms with Crippen LogP contribution in [0.5, 0.6) is 5.75 Å². The van der Waals surface area contributed by atoms with Gasteiger partial charge in [0.25, 0.3) is 0 Å². The van der Waals surface area contributed by atoms with Gasteiger partial charge >= 0.3 is 0 Å². The lowest BCUT2D eigenvalue weighted by Gasteiger charge is -2.02. The first-order valence-electron chi connectivity index (χ1n) is 10.3. The topological polar surface area (TPSA) is 79.5 Å². The van der Waals surface area contributed by atoms with Gasteiger partial charge in [-0.3, -0.25) is 4.98 Å². The number of nitrogens with zero attached hydrogens (tertiary/aromatic N) is 3. The van der Waals surface area contributed by atoms with Crippen LogP contribution in [0.25, 0.3) is 56.0 Å². The Bertz CT molecular complexity index is 1570. The van der Waals surface area contributed by atoms with Gasteiger partial charge < -0.3 is 14.7 Å². The molecule has 2 N–H and O–H groups in total. The van der Waals surface area contributed by atoms with Crippen LogP contribution in [0.3, 0.4) is 0 Å². The van der Waals surface area contributed by atoms with Crippen LogP contribution in [0.15, 0.2) is 85.2 Å². The summed E-state index contributed by atoms with van der Waals surface area (Å²) in [6, 6.07) is 24.3. The quantitative estimate of drug-likeness (QED) is 0.377. The molecule has 0 bridgehead atoms. The van der Waals surface area contributed by atoms with Gasteiger partial charge in [0, 0.05) is 23.5 Å². The summed E-state index contributed by atoms with van der Waals surface area (Å²) in [5, 5.41) is 0. The number of imidazole rings is 2. The van der Waals surface area contributed by atoms with Crippen LogP contribution in [0.2, 0.25) is 0 Å². The van der Waals surface area contributed by atoms with Crippen LogP contribution in [0.4, 0.5) is 0 Å². The molecule has 0 radical (unpaired) electrons. The third kappa shape index (κ3) is 3.18. The highest BCUT2D eigenvalue weighted by Crippen LogP contribution is 2.29.